The fourth-order valence-electron chi connectivity index (χ4n) is 1.58. The van der Waals surface area contributed by atoms with Gasteiger partial charge in [-0.25, -0.2) is 0 Å². The predicted octanol–water partition coefficient (Wildman–Crippen LogP) is 2.70. The molecule has 0 aliphatic heterocycles. The highest BCUT2D eigenvalue weighted by Gasteiger charge is 2.06. The molecule has 0 spiro atoms. The quantitative estimate of drug-likeness (QED) is 0.779. The van der Waals surface area contributed by atoms with Crippen LogP contribution in [0.25, 0.3) is 0 Å². The first-order chi connectivity index (χ1) is 8.54. The zero-order chi connectivity index (χ0) is 13.5. The number of hydrogen-bond donors (Lipinski definition) is 1. The van der Waals surface area contributed by atoms with Crippen molar-refractivity contribution in [1.29, 1.82) is 0 Å². The molecule has 1 N–H and O–H groups in total. The molecule has 0 aromatic heterocycles. The minimum atomic E-state index is -0.740. The molecule has 0 amide bonds. The molecule has 0 bridgehead atoms. The summed E-state index contributed by atoms with van der Waals surface area (Å²) in [6, 6.07) is 5.96. The van der Waals surface area contributed by atoms with Crippen molar-refractivity contribution >= 4 is 26.7 Å². The van der Waals surface area contributed by atoms with Gasteiger partial charge in [-0.3, -0.25) is 4.21 Å². The lowest BCUT2D eigenvalue weighted by Gasteiger charge is -2.12. The maximum Gasteiger partial charge on any atom is 0.123 e. The van der Waals surface area contributed by atoms with E-state index in [1.807, 2.05) is 25.1 Å². The van der Waals surface area contributed by atoms with Crippen molar-refractivity contribution in [3.8, 4) is 5.75 Å². The second kappa shape index (κ2) is 7.92. The normalized spacial score (nSPS) is 14.2. The first-order valence-electron chi connectivity index (χ1n) is 5.90. The van der Waals surface area contributed by atoms with Crippen molar-refractivity contribution < 1.29 is 8.95 Å². The van der Waals surface area contributed by atoms with Crippen molar-refractivity contribution in [2.75, 3.05) is 19.9 Å². The average Bonchev–Trinajstić information content (AvgIpc) is 2.34. The topological polar surface area (TPSA) is 38.3 Å². The third kappa shape index (κ3) is 5.08. The van der Waals surface area contributed by atoms with Crippen LogP contribution >= 0.6 is 15.9 Å². The van der Waals surface area contributed by atoms with Gasteiger partial charge in [-0.1, -0.05) is 22.9 Å². The van der Waals surface area contributed by atoms with E-state index in [0.717, 1.165) is 35.3 Å². The van der Waals surface area contributed by atoms with E-state index in [9.17, 15) is 4.21 Å². The number of rotatable bonds is 7. The molecular weight excluding hydrogens is 314 g/mol. The first-order valence-corrected chi connectivity index (χ1v) is 8.31. The number of hydrogen-bond acceptors (Lipinski definition) is 3. The number of ether oxygens (including phenoxy) is 1. The minimum absolute atomic E-state index is 0.238. The third-order valence-corrected chi connectivity index (χ3v) is 4.71. The fraction of sp³-hybridized carbons (Fsp3) is 0.538. The molecule has 1 aromatic rings. The summed E-state index contributed by atoms with van der Waals surface area (Å²) in [5.41, 5.74) is 1.12. The van der Waals surface area contributed by atoms with E-state index >= 15 is 0 Å². The Labute approximate surface area is 120 Å². The van der Waals surface area contributed by atoms with Crippen molar-refractivity contribution in [3.63, 3.8) is 0 Å². The third-order valence-electron chi connectivity index (χ3n) is 2.85. The second-order valence-electron chi connectivity index (χ2n) is 4.23. The molecule has 0 aliphatic rings. The highest BCUT2D eigenvalue weighted by molar-refractivity contribution is 9.10. The van der Waals surface area contributed by atoms with E-state index in [4.69, 9.17) is 4.74 Å². The van der Waals surface area contributed by atoms with Crippen LogP contribution in [0.15, 0.2) is 22.7 Å². The Morgan fingerprint density at radius 1 is 1.50 bits per heavy atom. The van der Waals surface area contributed by atoms with E-state index in [-0.39, 0.29) is 5.25 Å². The van der Waals surface area contributed by atoms with Crippen LogP contribution in [0.1, 0.15) is 18.9 Å². The number of methoxy groups -OCH3 is 1. The number of nitrogens with one attached hydrogen (secondary N) is 1. The number of benzene rings is 1. The Morgan fingerprint density at radius 2 is 2.22 bits per heavy atom. The van der Waals surface area contributed by atoms with Gasteiger partial charge < -0.3 is 10.1 Å². The van der Waals surface area contributed by atoms with E-state index in [2.05, 4.69) is 21.2 Å². The molecule has 102 valence electrons. The molecule has 0 saturated heterocycles. The first kappa shape index (κ1) is 15.7. The largest absolute Gasteiger partial charge is 0.496 e. The Balaban J connectivity index is 2.43. The van der Waals surface area contributed by atoms with Gasteiger partial charge in [-0.05, 0) is 31.2 Å². The van der Waals surface area contributed by atoms with Gasteiger partial charge in [0.15, 0.2) is 0 Å². The highest BCUT2D eigenvalue weighted by atomic mass is 79.9. The molecule has 0 aliphatic carbocycles. The van der Waals surface area contributed by atoms with E-state index in [0.29, 0.717) is 0 Å². The Hall–Kier alpha value is -0.390. The Kier molecular flexibility index (Phi) is 6.89. The fourth-order valence-corrected chi connectivity index (χ4v) is 2.44. The lowest BCUT2D eigenvalue weighted by Crippen LogP contribution is -2.21. The van der Waals surface area contributed by atoms with Crippen LogP contribution in [0, 0.1) is 0 Å². The summed E-state index contributed by atoms with van der Waals surface area (Å²) in [6.07, 6.45) is 2.67. The van der Waals surface area contributed by atoms with Crippen molar-refractivity contribution in [2.24, 2.45) is 0 Å². The van der Waals surface area contributed by atoms with Gasteiger partial charge in [0, 0.05) is 38.9 Å². The van der Waals surface area contributed by atoms with Crippen LogP contribution in [0.4, 0.5) is 0 Å². The maximum atomic E-state index is 11.2. The van der Waals surface area contributed by atoms with Crippen LogP contribution in [0.2, 0.25) is 0 Å². The lowest BCUT2D eigenvalue weighted by molar-refractivity contribution is 0.407. The summed E-state index contributed by atoms with van der Waals surface area (Å²) in [5.74, 6) is 0.887. The monoisotopic (exact) mass is 333 g/mol. The standard InChI is InChI=1S/C13H20BrNO2S/c1-10(18(3)16)6-7-15-9-11-8-12(14)4-5-13(11)17-2/h4-5,8,10,15H,6-7,9H2,1-3H3. The Bertz CT molecular complexity index is 412. The minimum Gasteiger partial charge on any atom is -0.496 e. The Morgan fingerprint density at radius 3 is 2.83 bits per heavy atom. The smallest absolute Gasteiger partial charge is 0.123 e. The summed E-state index contributed by atoms with van der Waals surface area (Å²) in [7, 11) is 0.936. The second-order valence-corrected chi connectivity index (χ2v) is 6.95. The summed E-state index contributed by atoms with van der Waals surface area (Å²) < 4.78 is 17.6. The van der Waals surface area contributed by atoms with Gasteiger partial charge in [-0.15, -0.1) is 0 Å². The molecule has 5 heteroatoms. The molecule has 0 heterocycles. The van der Waals surface area contributed by atoms with Crippen molar-refractivity contribution in [1.82, 2.24) is 5.32 Å². The van der Waals surface area contributed by atoms with Gasteiger partial charge in [-0.2, -0.15) is 0 Å². The van der Waals surface area contributed by atoms with Crippen LogP contribution in [-0.2, 0) is 17.3 Å². The average molecular weight is 334 g/mol. The molecule has 0 saturated carbocycles. The summed E-state index contributed by atoms with van der Waals surface area (Å²) in [5, 5.41) is 3.59. The van der Waals surface area contributed by atoms with Crippen LogP contribution in [0.5, 0.6) is 5.75 Å². The number of halogens is 1. The maximum absolute atomic E-state index is 11.2. The van der Waals surface area contributed by atoms with Gasteiger partial charge >= 0.3 is 0 Å². The highest BCUT2D eigenvalue weighted by Crippen LogP contribution is 2.22. The van der Waals surface area contributed by atoms with Gasteiger partial charge in [0.1, 0.15) is 5.75 Å². The lowest BCUT2D eigenvalue weighted by atomic mass is 10.2. The molecule has 2 atom stereocenters. The van der Waals surface area contributed by atoms with Gasteiger partial charge in [0.2, 0.25) is 0 Å². The van der Waals surface area contributed by atoms with Crippen LogP contribution in [-0.4, -0.2) is 29.4 Å². The summed E-state index contributed by atoms with van der Waals surface area (Å²) in [4.78, 5) is 0. The van der Waals surface area contributed by atoms with Crippen molar-refractivity contribution in [2.45, 2.75) is 25.1 Å². The van der Waals surface area contributed by atoms with Gasteiger partial charge in [0.25, 0.3) is 0 Å². The van der Waals surface area contributed by atoms with Crippen LogP contribution < -0.4 is 10.1 Å². The van der Waals surface area contributed by atoms with Crippen LogP contribution in [0.3, 0.4) is 0 Å². The zero-order valence-corrected chi connectivity index (χ0v) is 13.4. The molecule has 0 radical (unpaired) electrons. The molecule has 1 rings (SSSR count). The van der Waals surface area contributed by atoms with E-state index in [1.165, 1.54) is 0 Å². The summed E-state index contributed by atoms with van der Waals surface area (Å²) >= 11 is 3.45. The van der Waals surface area contributed by atoms with E-state index in [1.54, 1.807) is 13.4 Å². The zero-order valence-electron chi connectivity index (χ0n) is 11.0. The predicted molar refractivity (Wildman–Crippen MR) is 80.5 cm³/mol. The summed E-state index contributed by atoms with van der Waals surface area (Å²) in [6.45, 7) is 3.62. The molecule has 1 aromatic carbocycles. The van der Waals surface area contributed by atoms with Gasteiger partial charge in [0.05, 0.1) is 7.11 Å². The molecule has 18 heavy (non-hydrogen) atoms. The molecular formula is C13H20BrNO2S. The molecule has 2 unspecified atom stereocenters. The molecule has 3 nitrogen and oxygen atoms in total. The molecule has 0 fully saturated rings. The SMILES string of the molecule is COc1ccc(Br)cc1CNCCC(C)S(C)=O. The van der Waals surface area contributed by atoms with Crippen molar-refractivity contribution in [3.05, 3.63) is 28.2 Å². The van der Waals surface area contributed by atoms with E-state index < -0.39 is 10.8 Å².